The number of hydrogen-bond donors (Lipinski definition) is 1. The quantitative estimate of drug-likeness (QED) is 0.451. The minimum atomic E-state index is -0.262. The van der Waals surface area contributed by atoms with Gasteiger partial charge in [-0.1, -0.05) is 18.2 Å². The van der Waals surface area contributed by atoms with Crippen LogP contribution in [0, 0.1) is 0 Å². The third-order valence-electron chi connectivity index (χ3n) is 2.99. The molecule has 0 fully saturated rings. The third-order valence-corrected chi connectivity index (χ3v) is 3.31. The first-order valence-corrected chi connectivity index (χ1v) is 7.43. The molecular formula is C15H23NO2S. The third kappa shape index (κ3) is 5.15. The van der Waals surface area contributed by atoms with Crippen molar-refractivity contribution in [2.45, 2.75) is 32.7 Å². The van der Waals surface area contributed by atoms with Gasteiger partial charge in [0.25, 0.3) is 0 Å². The normalized spacial score (nSPS) is 11.9. The number of thiol groups is 1. The van der Waals surface area contributed by atoms with E-state index in [1.165, 1.54) is 0 Å². The summed E-state index contributed by atoms with van der Waals surface area (Å²) >= 11 is 4.23. The average Bonchev–Trinajstić information content (AvgIpc) is 2.44. The number of hydrogen-bond acceptors (Lipinski definition) is 4. The lowest BCUT2D eigenvalue weighted by molar-refractivity contribution is -0.144. The van der Waals surface area contributed by atoms with Gasteiger partial charge in [-0.25, -0.2) is 4.79 Å². The summed E-state index contributed by atoms with van der Waals surface area (Å²) in [6, 6.07) is 9.73. The van der Waals surface area contributed by atoms with Crippen molar-refractivity contribution in [3.05, 3.63) is 30.3 Å². The van der Waals surface area contributed by atoms with Crippen molar-refractivity contribution >= 4 is 24.3 Å². The molecule has 0 aliphatic carbocycles. The Morgan fingerprint density at radius 1 is 1.32 bits per heavy atom. The van der Waals surface area contributed by atoms with Crippen molar-refractivity contribution in [3.63, 3.8) is 0 Å². The maximum atomic E-state index is 11.9. The Kier molecular flexibility index (Phi) is 7.41. The molecule has 4 heteroatoms. The summed E-state index contributed by atoms with van der Waals surface area (Å²) in [7, 11) is 0. The lowest BCUT2D eigenvalue weighted by Gasteiger charge is -2.29. The van der Waals surface area contributed by atoms with Crippen LogP contribution in [-0.4, -0.2) is 30.9 Å². The molecule has 0 bridgehead atoms. The van der Waals surface area contributed by atoms with Crippen LogP contribution in [0.15, 0.2) is 30.3 Å². The van der Waals surface area contributed by atoms with E-state index in [9.17, 15) is 4.79 Å². The average molecular weight is 281 g/mol. The molecular weight excluding hydrogens is 258 g/mol. The molecule has 1 aromatic rings. The lowest BCUT2D eigenvalue weighted by Crippen LogP contribution is -2.41. The number of nitrogens with zero attached hydrogens (tertiary/aromatic N) is 1. The van der Waals surface area contributed by atoms with Crippen LogP contribution in [0.5, 0.6) is 0 Å². The van der Waals surface area contributed by atoms with Gasteiger partial charge in [-0.2, -0.15) is 12.6 Å². The Balaban J connectivity index is 2.77. The predicted octanol–water partition coefficient (Wildman–Crippen LogP) is 3.15. The fraction of sp³-hybridized carbons (Fsp3) is 0.533. The number of ether oxygens (including phenoxy) is 1. The maximum Gasteiger partial charge on any atom is 0.328 e. The van der Waals surface area contributed by atoms with Crippen molar-refractivity contribution in [1.29, 1.82) is 0 Å². The molecule has 0 radical (unpaired) electrons. The number of unbranched alkanes of at least 4 members (excludes halogenated alkanes) is 1. The first-order valence-electron chi connectivity index (χ1n) is 6.80. The molecule has 0 N–H and O–H groups in total. The van der Waals surface area contributed by atoms with E-state index in [1.807, 2.05) is 44.2 Å². The highest BCUT2D eigenvalue weighted by Crippen LogP contribution is 2.18. The zero-order chi connectivity index (χ0) is 14.1. The molecule has 0 heterocycles. The van der Waals surface area contributed by atoms with Gasteiger partial charge in [0.15, 0.2) is 0 Å². The molecule has 19 heavy (non-hydrogen) atoms. The molecule has 0 unspecified atom stereocenters. The number of anilines is 1. The summed E-state index contributed by atoms with van der Waals surface area (Å²) in [5.41, 5.74) is 1.06. The summed E-state index contributed by atoms with van der Waals surface area (Å²) in [6.07, 6.45) is 2.06. The van der Waals surface area contributed by atoms with Crippen LogP contribution in [0.2, 0.25) is 0 Å². The zero-order valence-corrected chi connectivity index (χ0v) is 12.6. The van der Waals surface area contributed by atoms with Gasteiger partial charge < -0.3 is 9.64 Å². The van der Waals surface area contributed by atoms with Gasteiger partial charge in [0.05, 0.1) is 6.61 Å². The van der Waals surface area contributed by atoms with Crippen molar-refractivity contribution < 1.29 is 9.53 Å². The summed E-state index contributed by atoms with van der Waals surface area (Å²) in [5.74, 6) is 0.702. The van der Waals surface area contributed by atoms with Gasteiger partial charge in [0, 0.05) is 12.2 Å². The number of rotatable bonds is 8. The van der Waals surface area contributed by atoms with Crippen LogP contribution >= 0.6 is 12.6 Å². The van der Waals surface area contributed by atoms with E-state index in [0.717, 1.165) is 30.8 Å². The Bertz CT molecular complexity index is 370. The Morgan fingerprint density at radius 3 is 2.58 bits per heavy atom. The molecule has 1 atom stereocenters. The maximum absolute atomic E-state index is 11.9. The topological polar surface area (TPSA) is 29.5 Å². The molecule has 0 aliphatic heterocycles. The summed E-state index contributed by atoms with van der Waals surface area (Å²) < 4.78 is 5.12. The van der Waals surface area contributed by atoms with Crippen LogP contribution in [0.25, 0.3) is 0 Å². The van der Waals surface area contributed by atoms with Gasteiger partial charge in [-0.3, -0.25) is 0 Å². The minimum Gasteiger partial charge on any atom is -0.464 e. The van der Waals surface area contributed by atoms with Crippen molar-refractivity contribution in [3.8, 4) is 0 Å². The predicted molar refractivity (Wildman–Crippen MR) is 83.0 cm³/mol. The molecule has 106 valence electrons. The fourth-order valence-electron chi connectivity index (χ4n) is 1.95. The Morgan fingerprint density at radius 2 is 2.00 bits per heavy atom. The molecule has 3 nitrogen and oxygen atoms in total. The smallest absolute Gasteiger partial charge is 0.328 e. The number of esters is 1. The molecule has 0 aliphatic rings. The molecule has 0 saturated heterocycles. The van der Waals surface area contributed by atoms with Gasteiger partial charge >= 0.3 is 5.97 Å². The standard InChI is InChI=1S/C15H23NO2S/c1-3-18-15(17)13(2)16(11-7-8-12-19)14-9-5-4-6-10-14/h4-6,9-10,13,19H,3,7-8,11-12H2,1-2H3/t13-/m0/s1. The summed E-state index contributed by atoms with van der Waals surface area (Å²) in [5, 5.41) is 0. The van der Waals surface area contributed by atoms with Crippen molar-refractivity contribution in [2.24, 2.45) is 0 Å². The number of carbonyl (C=O) groups excluding carboxylic acids is 1. The van der Waals surface area contributed by atoms with E-state index < -0.39 is 0 Å². The van der Waals surface area contributed by atoms with E-state index in [0.29, 0.717) is 6.61 Å². The van der Waals surface area contributed by atoms with Crippen LogP contribution in [-0.2, 0) is 9.53 Å². The first kappa shape index (κ1) is 15.9. The molecule has 0 aromatic heterocycles. The number of para-hydroxylation sites is 1. The number of carbonyl (C=O) groups is 1. The molecule has 0 amide bonds. The summed E-state index contributed by atoms with van der Waals surface area (Å²) in [4.78, 5) is 14.0. The summed E-state index contributed by atoms with van der Waals surface area (Å²) in [6.45, 7) is 4.98. The highest BCUT2D eigenvalue weighted by molar-refractivity contribution is 7.80. The second-order valence-corrected chi connectivity index (χ2v) is 4.83. The van der Waals surface area contributed by atoms with Crippen LogP contribution in [0.3, 0.4) is 0 Å². The van der Waals surface area contributed by atoms with E-state index in [2.05, 4.69) is 17.5 Å². The molecule has 0 spiro atoms. The first-order chi connectivity index (χ1) is 9.20. The monoisotopic (exact) mass is 281 g/mol. The van der Waals surface area contributed by atoms with Crippen LogP contribution < -0.4 is 4.90 Å². The minimum absolute atomic E-state index is 0.169. The van der Waals surface area contributed by atoms with Crippen molar-refractivity contribution in [2.75, 3.05) is 23.8 Å². The molecule has 0 saturated carbocycles. The Labute approximate surface area is 121 Å². The lowest BCUT2D eigenvalue weighted by atomic mass is 10.2. The van der Waals surface area contributed by atoms with E-state index >= 15 is 0 Å². The highest BCUT2D eigenvalue weighted by Gasteiger charge is 2.22. The molecule has 1 rings (SSSR count). The second-order valence-electron chi connectivity index (χ2n) is 4.39. The van der Waals surface area contributed by atoms with Gasteiger partial charge in [0.1, 0.15) is 6.04 Å². The largest absolute Gasteiger partial charge is 0.464 e. The highest BCUT2D eigenvalue weighted by atomic mass is 32.1. The van der Waals surface area contributed by atoms with Crippen LogP contribution in [0.1, 0.15) is 26.7 Å². The van der Waals surface area contributed by atoms with Gasteiger partial charge in [-0.05, 0) is 44.6 Å². The second kappa shape index (κ2) is 8.86. The SMILES string of the molecule is CCOC(=O)[C@H](C)N(CCCCS)c1ccccc1. The van der Waals surface area contributed by atoms with E-state index in [-0.39, 0.29) is 12.0 Å². The Hall–Kier alpha value is -1.16. The molecule has 1 aromatic carbocycles. The van der Waals surface area contributed by atoms with E-state index in [1.54, 1.807) is 0 Å². The zero-order valence-electron chi connectivity index (χ0n) is 11.7. The van der Waals surface area contributed by atoms with Crippen molar-refractivity contribution in [1.82, 2.24) is 0 Å². The van der Waals surface area contributed by atoms with Gasteiger partial charge in [-0.15, -0.1) is 0 Å². The fourth-order valence-corrected chi connectivity index (χ4v) is 2.17. The van der Waals surface area contributed by atoms with Gasteiger partial charge in [0.2, 0.25) is 0 Å². The van der Waals surface area contributed by atoms with E-state index in [4.69, 9.17) is 4.74 Å². The number of benzene rings is 1. The van der Waals surface area contributed by atoms with Crippen LogP contribution in [0.4, 0.5) is 5.69 Å².